The number of primary amides is 1. The van der Waals surface area contributed by atoms with Crippen molar-refractivity contribution in [3.05, 3.63) is 21.3 Å². The molecule has 2 aromatic rings. The Hall–Kier alpha value is -1.40. The van der Waals surface area contributed by atoms with Crippen LogP contribution in [0.2, 0.25) is 0 Å². The highest BCUT2D eigenvalue weighted by Crippen LogP contribution is 2.38. The smallest absolute Gasteiger partial charge is 0.277 e. The summed E-state index contributed by atoms with van der Waals surface area (Å²) in [7, 11) is 1.62. The van der Waals surface area contributed by atoms with Crippen LogP contribution in [0.3, 0.4) is 0 Å². The predicted molar refractivity (Wildman–Crippen MR) is 65.2 cm³/mol. The zero-order valence-electron chi connectivity index (χ0n) is 8.81. The molecule has 2 N–H and O–H groups in total. The van der Waals surface area contributed by atoms with Gasteiger partial charge in [-0.2, -0.15) is 0 Å². The molecule has 0 fully saturated rings. The molecule has 0 bridgehead atoms. The summed E-state index contributed by atoms with van der Waals surface area (Å²) in [5.41, 5.74) is 6.97. The summed E-state index contributed by atoms with van der Waals surface area (Å²) in [6, 6.07) is 0. The number of thiazole rings is 1. The maximum absolute atomic E-state index is 10.9. The summed E-state index contributed by atoms with van der Waals surface area (Å²) in [6.45, 7) is 1.97. The van der Waals surface area contributed by atoms with Crippen molar-refractivity contribution < 1.29 is 9.53 Å². The molecule has 0 radical (unpaired) electrons. The number of nitrogens with two attached hydrogens (primary N) is 1. The van der Waals surface area contributed by atoms with Crippen LogP contribution < -0.4 is 10.5 Å². The number of nitrogens with zero attached hydrogens (tertiary/aromatic N) is 1. The molecular formula is C10H10N2O2S2. The third-order valence-corrected chi connectivity index (χ3v) is 4.03. The Labute approximate surface area is 101 Å². The van der Waals surface area contributed by atoms with Gasteiger partial charge in [-0.25, -0.2) is 4.98 Å². The molecule has 4 nitrogen and oxygen atoms in total. The van der Waals surface area contributed by atoms with Gasteiger partial charge in [0, 0.05) is 10.9 Å². The largest absolute Gasteiger partial charge is 0.495 e. The average Bonchev–Trinajstić information content (AvgIpc) is 2.83. The van der Waals surface area contributed by atoms with Crippen molar-refractivity contribution in [3.8, 4) is 16.3 Å². The monoisotopic (exact) mass is 254 g/mol. The maximum Gasteiger partial charge on any atom is 0.277 e. The molecule has 0 atom stereocenters. The van der Waals surface area contributed by atoms with Gasteiger partial charge in [-0.05, 0) is 12.3 Å². The number of rotatable bonds is 3. The Morgan fingerprint density at radius 1 is 1.44 bits per heavy atom. The first-order chi connectivity index (χ1) is 7.63. The summed E-state index contributed by atoms with van der Waals surface area (Å²) < 4.78 is 5.30. The Morgan fingerprint density at radius 3 is 2.75 bits per heavy atom. The second kappa shape index (κ2) is 4.23. The predicted octanol–water partition coefficient (Wildman–Crippen LogP) is 2.29. The number of hydrogen-bond donors (Lipinski definition) is 1. The molecule has 2 heterocycles. The molecule has 1 amide bonds. The van der Waals surface area contributed by atoms with E-state index in [1.807, 2.05) is 17.7 Å². The van der Waals surface area contributed by atoms with Crippen LogP contribution in [0.5, 0.6) is 5.75 Å². The van der Waals surface area contributed by atoms with E-state index in [9.17, 15) is 4.79 Å². The van der Waals surface area contributed by atoms with Crippen LogP contribution in [0.25, 0.3) is 10.6 Å². The van der Waals surface area contributed by atoms with Crippen LogP contribution in [0, 0.1) is 6.92 Å². The first-order valence-corrected chi connectivity index (χ1v) is 6.27. The van der Waals surface area contributed by atoms with E-state index in [2.05, 4.69) is 4.98 Å². The molecule has 0 unspecified atom stereocenters. The van der Waals surface area contributed by atoms with E-state index in [0.29, 0.717) is 5.01 Å². The summed E-state index contributed by atoms with van der Waals surface area (Å²) in [5.74, 6) is 0.315. The first kappa shape index (κ1) is 11.1. The Balaban J connectivity index is 2.46. The summed E-state index contributed by atoms with van der Waals surface area (Å²) in [6.07, 6.45) is 0. The average molecular weight is 254 g/mol. The Bertz CT molecular complexity index is 531. The van der Waals surface area contributed by atoms with Gasteiger partial charge in [0.15, 0.2) is 5.01 Å². The number of carbonyl (C=O) groups excluding carboxylic acids is 1. The molecule has 2 aromatic heterocycles. The second-order valence-electron chi connectivity index (χ2n) is 3.18. The number of thiophene rings is 1. The van der Waals surface area contributed by atoms with Gasteiger partial charge in [-0.3, -0.25) is 4.79 Å². The van der Waals surface area contributed by atoms with Gasteiger partial charge >= 0.3 is 0 Å². The van der Waals surface area contributed by atoms with Crippen LogP contribution in [0.1, 0.15) is 15.4 Å². The molecule has 84 valence electrons. The van der Waals surface area contributed by atoms with Gasteiger partial charge in [0.2, 0.25) is 0 Å². The number of hydrogen-bond acceptors (Lipinski definition) is 5. The number of aromatic nitrogens is 1. The molecule has 2 rings (SSSR count). The fourth-order valence-electron chi connectivity index (χ4n) is 1.36. The zero-order valence-corrected chi connectivity index (χ0v) is 10.4. The van der Waals surface area contributed by atoms with E-state index in [4.69, 9.17) is 10.5 Å². The number of methoxy groups -OCH3 is 1. The molecule has 0 saturated carbocycles. The molecular weight excluding hydrogens is 244 g/mol. The van der Waals surface area contributed by atoms with Gasteiger partial charge in [0.05, 0.1) is 17.7 Å². The van der Waals surface area contributed by atoms with Crippen molar-refractivity contribution in [2.75, 3.05) is 7.11 Å². The van der Waals surface area contributed by atoms with Gasteiger partial charge in [0.25, 0.3) is 5.91 Å². The number of amides is 1. The van der Waals surface area contributed by atoms with Crippen molar-refractivity contribution in [2.45, 2.75) is 6.92 Å². The third-order valence-electron chi connectivity index (χ3n) is 2.07. The summed E-state index contributed by atoms with van der Waals surface area (Å²) in [5, 5.41) is 4.13. The maximum atomic E-state index is 10.9. The molecule has 16 heavy (non-hydrogen) atoms. The minimum absolute atomic E-state index is 0.322. The molecule has 0 aliphatic carbocycles. The van der Waals surface area contributed by atoms with E-state index in [1.165, 1.54) is 11.3 Å². The van der Waals surface area contributed by atoms with Crippen molar-refractivity contribution in [1.82, 2.24) is 4.98 Å². The number of aryl methyl sites for hydroxylation is 1. The lowest BCUT2D eigenvalue weighted by Crippen LogP contribution is -2.10. The van der Waals surface area contributed by atoms with Crippen molar-refractivity contribution in [3.63, 3.8) is 0 Å². The SMILES string of the molecule is COc1c(C)csc1-c1csc(C(N)=O)n1. The van der Waals surface area contributed by atoms with Gasteiger partial charge in [-0.15, -0.1) is 22.7 Å². The van der Waals surface area contributed by atoms with Gasteiger partial charge < -0.3 is 10.5 Å². The van der Waals surface area contributed by atoms with Crippen LogP contribution in [-0.4, -0.2) is 18.0 Å². The lowest BCUT2D eigenvalue weighted by molar-refractivity contribution is 0.1000. The van der Waals surface area contributed by atoms with E-state index < -0.39 is 5.91 Å². The summed E-state index contributed by atoms with van der Waals surface area (Å²) >= 11 is 2.79. The Morgan fingerprint density at radius 2 is 2.19 bits per heavy atom. The highest BCUT2D eigenvalue weighted by molar-refractivity contribution is 7.15. The van der Waals surface area contributed by atoms with Crippen molar-refractivity contribution in [2.24, 2.45) is 5.73 Å². The number of ether oxygens (including phenoxy) is 1. The van der Waals surface area contributed by atoms with E-state index in [0.717, 1.165) is 21.9 Å². The molecule has 0 aliphatic rings. The van der Waals surface area contributed by atoms with Crippen LogP contribution >= 0.6 is 22.7 Å². The highest BCUT2D eigenvalue weighted by Gasteiger charge is 2.15. The lowest BCUT2D eigenvalue weighted by Gasteiger charge is -2.00. The third kappa shape index (κ3) is 1.81. The van der Waals surface area contributed by atoms with Crippen molar-refractivity contribution >= 4 is 28.6 Å². The van der Waals surface area contributed by atoms with Gasteiger partial charge in [-0.1, -0.05) is 0 Å². The number of carbonyl (C=O) groups is 1. The molecule has 0 aliphatic heterocycles. The fraction of sp³-hybridized carbons (Fsp3) is 0.200. The quantitative estimate of drug-likeness (QED) is 0.914. The topological polar surface area (TPSA) is 65.2 Å². The minimum atomic E-state index is -0.497. The van der Waals surface area contributed by atoms with E-state index in [-0.39, 0.29) is 0 Å². The molecule has 0 spiro atoms. The van der Waals surface area contributed by atoms with Crippen LogP contribution in [-0.2, 0) is 0 Å². The second-order valence-corrected chi connectivity index (χ2v) is 4.92. The Kier molecular flexibility index (Phi) is 2.93. The van der Waals surface area contributed by atoms with Crippen LogP contribution in [0.15, 0.2) is 10.8 Å². The standard InChI is InChI=1S/C10H10N2O2S2/c1-5-3-15-8(7(5)14-2)6-4-16-10(12-6)9(11)13/h3-4H,1-2H3,(H2,11,13). The normalized spacial score (nSPS) is 10.4. The minimum Gasteiger partial charge on any atom is -0.495 e. The van der Waals surface area contributed by atoms with Gasteiger partial charge in [0.1, 0.15) is 5.75 Å². The van der Waals surface area contributed by atoms with Crippen molar-refractivity contribution in [1.29, 1.82) is 0 Å². The molecule has 6 heteroatoms. The fourth-order valence-corrected chi connectivity index (χ4v) is 3.07. The summed E-state index contributed by atoms with van der Waals surface area (Å²) in [4.78, 5) is 16.1. The molecule has 0 aromatic carbocycles. The highest BCUT2D eigenvalue weighted by atomic mass is 32.1. The van der Waals surface area contributed by atoms with E-state index in [1.54, 1.807) is 18.4 Å². The lowest BCUT2D eigenvalue weighted by atomic mass is 10.3. The van der Waals surface area contributed by atoms with E-state index >= 15 is 0 Å². The zero-order chi connectivity index (χ0) is 11.7. The first-order valence-electron chi connectivity index (χ1n) is 4.51. The van der Waals surface area contributed by atoms with Crippen LogP contribution in [0.4, 0.5) is 0 Å². The molecule has 0 saturated heterocycles.